The quantitative estimate of drug-likeness (QED) is 0.920. The van der Waals surface area contributed by atoms with Crippen molar-refractivity contribution in [2.45, 2.75) is 13.8 Å². The molecule has 6 heteroatoms. The van der Waals surface area contributed by atoms with Crippen LogP contribution in [0, 0.1) is 13.8 Å². The van der Waals surface area contributed by atoms with Crippen LogP contribution in [0.5, 0.6) is 5.75 Å². The lowest BCUT2D eigenvalue weighted by Gasteiger charge is -2.08. The van der Waals surface area contributed by atoms with Gasteiger partial charge in [0.05, 0.1) is 9.72 Å². The average Bonchev–Trinajstić information content (AvgIpc) is 2.59. The number of thiophene rings is 1. The molecule has 2 aromatic rings. The van der Waals surface area contributed by atoms with E-state index in [0.29, 0.717) is 10.8 Å². The van der Waals surface area contributed by atoms with Gasteiger partial charge < -0.3 is 9.84 Å². The molecule has 18 heavy (non-hydrogen) atoms. The molecule has 0 spiro atoms. The molecular formula is C12H10Cl2O3S. The maximum Gasteiger partial charge on any atom is 0.341 e. The number of aliphatic carboxylic acids is 1. The first kappa shape index (κ1) is 13.5. The van der Waals surface area contributed by atoms with Gasteiger partial charge in [-0.15, -0.1) is 11.3 Å². The van der Waals surface area contributed by atoms with Gasteiger partial charge in [-0.05, 0) is 25.5 Å². The second-order valence-electron chi connectivity index (χ2n) is 3.85. The highest BCUT2D eigenvalue weighted by molar-refractivity contribution is 7.20. The fourth-order valence-electron chi connectivity index (χ4n) is 1.63. The summed E-state index contributed by atoms with van der Waals surface area (Å²) in [7, 11) is 0. The third-order valence-electron chi connectivity index (χ3n) is 2.67. The molecule has 0 aliphatic rings. The lowest BCUT2D eigenvalue weighted by Crippen LogP contribution is -2.09. The molecule has 2 rings (SSSR count). The van der Waals surface area contributed by atoms with E-state index in [1.165, 1.54) is 0 Å². The minimum atomic E-state index is -1.06. The van der Waals surface area contributed by atoms with E-state index in [-0.39, 0.29) is 5.02 Å². The maximum atomic E-state index is 10.5. The SMILES string of the molecule is Cc1sc2c(Cl)c(Cl)c(OCC(=O)O)cc2c1C. The molecule has 96 valence electrons. The van der Waals surface area contributed by atoms with E-state index in [1.807, 2.05) is 13.8 Å². The Morgan fingerprint density at radius 3 is 2.67 bits per heavy atom. The molecule has 3 nitrogen and oxygen atoms in total. The number of fused-ring (bicyclic) bond motifs is 1. The van der Waals surface area contributed by atoms with E-state index in [4.69, 9.17) is 33.0 Å². The van der Waals surface area contributed by atoms with Crippen LogP contribution in [0.4, 0.5) is 0 Å². The van der Waals surface area contributed by atoms with E-state index in [9.17, 15) is 4.79 Å². The van der Waals surface area contributed by atoms with E-state index < -0.39 is 12.6 Å². The first-order chi connectivity index (χ1) is 8.41. The first-order valence-corrected chi connectivity index (χ1v) is 6.71. The van der Waals surface area contributed by atoms with Gasteiger partial charge >= 0.3 is 5.97 Å². The topological polar surface area (TPSA) is 46.5 Å². The van der Waals surface area contributed by atoms with Crippen LogP contribution < -0.4 is 4.74 Å². The Morgan fingerprint density at radius 2 is 2.06 bits per heavy atom. The van der Waals surface area contributed by atoms with Gasteiger partial charge in [-0.25, -0.2) is 4.79 Å². The van der Waals surface area contributed by atoms with Crippen LogP contribution in [0.3, 0.4) is 0 Å². The number of carboxylic acid groups (broad SMARTS) is 1. The number of carboxylic acids is 1. The highest BCUT2D eigenvalue weighted by atomic mass is 35.5. The van der Waals surface area contributed by atoms with Crippen molar-refractivity contribution in [3.63, 3.8) is 0 Å². The average molecular weight is 305 g/mol. The van der Waals surface area contributed by atoms with Crippen molar-refractivity contribution in [2.24, 2.45) is 0 Å². The van der Waals surface area contributed by atoms with Gasteiger partial charge in [-0.3, -0.25) is 0 Å². The molecule has 0 saturated carbocycles. The fourth-order valence-corrected chi connectivity index (χ4v) is 3.28. The van der Waals surface area contributed by atoms with Crippen molar-refractivity contribution in [3.05, 3.63) is 26.6 Å². The summed E-state index contributed by atoms with van der Waals surface area (Å²) < 4.78 is 6.04. The molecule has 1 N–H and O–H groups in total. The number of aryl methyl sites for hydroxylation is 2. The van der Waals surface area contributed by atoms with E-state index >= 15 is 0 Å². The Hall–Kier alpha value is -0.970. The van der Waals surface area contributed by atoms with Gasteiger partial charge in [-0.2, -0.15) is 0 Å². The van der Waals surface area contributed by atoms with Gasteiger partial charge in [0.1, 0.15) is 10.8 Å². The first-order valence-electron chi connectivity index (χ1n) is 5.14. The van der Waals surface area contributed by atoms with Crippen molar-refractivity contribution >= 4 is 50.6 Å². The number of benzene rings is 1. The lowest BCUT2D eigenvalue weighted by molar-refractivity contribution is -0.139. The molecule has 1 aromatic heterocycles. The molecule has 1 heterocycles. The number of carbonyl (C=O) groups is 1. The molecule has 0 atom stereocenters. The van der Waals surface area contributed by atoms with Crippen LogP contribution in [0.25, 0.3) is 10.1 Å². The maximum absolute atomic E-state index is 10.5. The van der Waals surface area contributed by atoms with Crippen molar-refractivity contribution in [1.29, 1.82) is 0 Å². The van der Waals surface area contributed by atoms with Crippen LogP contribution in [-0.4, -0.2) is 17.7 Å². The largest absolute Gasteiger partial charge is 0.480 e. The number of ether oxygens (including phenoxy) is 1. The Morgan fingerprint density at radius 1 is 1.39 bits per heavy atom. The molecule has 0 aliphatic heterocycles. The molecular weight excluding hydrogens is 295 g/mol. The Labute approximate surface area is 118 Å². The highest BCUT2D eigenvalue weighted by Crippen LogP contribution is 2.43. The summed E-state index contributed by atoms with van der Waals surface area (Å²) in [6.45, 7) is 3.55. The van der Waals surface area contributed by atoms with Crippen LogP contribution in [0.15, 0.2) is 6.07 Å². The van der Waals surface area contributed by atoms with Crippen molar-refractivity contribution in [2.75, 3.05) is 6.61 Å². The van der Waals surface area contributed by atoms with E-state index in [2.05, 4.69) is 0 Å². The van der Waals surface area contributed by atoms with Crippen molar-refractivity contribution in [3.8, 4) is 5.75 Å². The smallest absolute Gasteiger partial charge is 0.341 e. The Balaban J connectivity index is 2.58. The van der Waals surface area contributed by atoms with Gasteiger partial charge in [-0.1, -0.05) is 23.2 Å². The molecule has 0 unspecified atom stereocenters. The second-order valence-corrected chi connectivity index (χ2v) is 5.83. The Kier molecular flexibility index (Phi) is 3.71. The number of rotatable bonds is 3. The van der Waals surface area contributed by atoms with Crippen LogP contribution in [0.1, 0.15) is 10.4 Å². The molecule has 0 radical (unpaired) electrons. The van der Waals surface area contributed by atoms with Gasteiger partial charge in [0.25, 0.3) is 0 Å². The van der Waals surface area contributed by atoms with Gasteiger partial charge in [0, 0.05) is 10.3 Å². The predicted molar refractivity (Wildman–Crippen MR) is 74.4 cm³/mol. The molecule has 0 aliphatic carbocycles. The van der Waals surface area contributed by atoms with E-state index in [0.717, 1.165) is 20.5 Å². The minimum Gasteiger partial charge on any atom is -0.480 e. The van der Waals surface area contributed by atoms with Crippen LogP contribution in [-0.2, 0) is 4.79 Å². The minimum absolute atomic E-state index is 0.256. The molecule has 1 aromatic carbocycles. The van der Waals surface area contributed by atoms with E-state index in [1.54, 1.807) is 17.4 Å². The third kappa shape index (κ3) is 2.28. The van der Waals surface area contributed by atoms with Gasteiger partial charge in [0.15, 0.2) is 6.61 Å². The summed E-state index contributed by atoms with van der Waals surface area (Å²) in [6, 6.07) is 1.74. The standard InChI is InChI=1S/C12H10Cl2O3S/c1-5-6(2)18-12-7(5)3-8(10(13)11(12)14)17-4-9(15)16/h3H,4H2,1-2H3,(H,15,16). The van der Waals surface area contributed by atoms with Crippen molar-refractivity contribution in [1.82, 2.24) is 0 Å². The summed E-state index contributed by atoms with van der Waals surface area (Å²) >= 11 is 13.8. The summed E-state index contributed by atoms with van der Waals surface area (Å²) in [6.07, 6.45) is 0. The number of halogens is 2. The molecule has 0 amide bonds. The van der Waals surface area contributed by atoms with Crippen LogP contribution in [0.2, 0.25) is 10.0 Å². The summed E-state index contributed by atoms with van der Waals surface area (Å²) in [5.41, 5.74) is 1.11. The fraction of sp³-hybridized carbons (Fsp3) is 0.250. The monoisotopic (exact) mass is 304 g/mol. The lowest BCUT2D eigenvalue weighted by atomic mass is 10.1. The third-order valence-corrected chi connectivity index (χ3v) is 4.87. The highest BCUT2D eigenvalue weighted by Gasteiger charge is 2.16. The van der Waals surface area contributed by atoms with Gasteiger partial charge in [0.2, 0.25) is 0 Å². The molecule has 0 fully saturated rings. The van der Waals surface area contributed by atoms with Crippen LogP contribution >= 0.6 is 34.5 Å². The molecule has 0 saturated heterocycles. The van der Waals surface area contributed by atoms with Crippen molar-refractivity contribution < 1.29 is 14.6 Å². The zero-order chi connectivity index (χ0) is 13.4. The normalized spacial score (nSPS) is 10.9. The summed E-state index contributed by atoms with van der Waals surface area (Å²) in [5.74, 6) is -0.752. The Bertz CT molecular complexity index is 634. The zero-order valence-electron chi connectivity index (χ0n) is 9.71. The summed E-state index contributed by atoms with van der Waals surface area (Å²) in [4.78, 5) is 11.7. The predicted octanol–water partition coefficient (Wildman–Crippen LogP) is 4.29. The number of hydrogen-bond donors (Lipinski definition) is 1. The second kappa shape index (κ2) is 4.96. The zero-order valence-corrected chi connectivity index (χ0v) is 12.0. The number of hydrogen-bond acceptors (Lipinski definition) is 3. The summed E-state index contributed by atoms with van der Waals surface area (Å²) in [5, 5.41) is 10.2. The molecule has 0 bridgehead atoms.